The Balaban J connectivity index is 2.22. The van der Waals surface area contributed by atoms with E-state index in [0.717, 1.165) is 25.1 Å². The van der Waals surface area contributed by atoms with Gasteiger partial charge in [0.25, 0.3) is 0 Å². The summed E-state index contributed by atoms with van der Waals surface area (Å²) in [6.07, 6.45) is 1.44. The highest BCUT2D eigenvalue weighted by Gasteiger charge is 2.19. The summed E-state index contributed by atoms with van der Waals surface area (Å²) < 4.78 is 0. The van der Waals surface area contributed by atoms with E-state index >= 15 is 0 Å². The largest absolute Gasteiger partial charge is 0.478 e. The summed E-state index contributed by atoms with van der Waals surface area (Å²) in [6.45, 7) is 1.44. The molecule has 0 aliphatic carbocycles. The van der Waals surface area contributed by atoms with Gasteiger partial charge in [-0.3, -0.25) is 0 Å². The lowest BCUT2D eigenvalue weighted by atomic mass is 10.1. The molecular formula is C12H16N2O3. The molecule has 0 spiro atoms. The summed E-state index contributed by atoms with van der Waals surface area (Å²) in [4.78, 5) is 12.9. The molecule has 17 heavy (non-hydrogen) atoms. The molecule has 1 aliphatic rings. The highest BCUT2D eigenvalue weighted by atomic mass is 16.4. The monoisotopic (exact) mass is 236 g/mol. The molecule has 0 saturated carbocycles. The minimum atomic E-state index is -1.02. The number of hydrogen-bond acceptors (Lipinski definition) is 4. The summed E-state index contributed by atoms with van der Waals surface area (Å²) in [5, 5.41) is 18.5. The van der Waals surface area contributed by atoms with Crippen LogP contribution < -0.4 is 10.6 Å². The van der Waals surface area contributed by atoms with Gasteiger partial charge in [0.05, 0.1) is 11.7 Å². The fourth-order valence-electron chi connectivity index (χ4n) is 2.13. The summed E-state index contributed by atoms with van der Waals surface area (Å²) in [5.74, 6) is -1.02. The lowest BCUT2D eigenvalue weighted by molar-refractivity contribution is 0.0698. The van der Waals surface area contributed by atoms with Crippen LogP contribution in [0.2, 0.25) is 0 Å². The fraction of sp³-hybridized carbons (Fsp3) is 0.417. The molecule has 92 valence electrons. The Bertz CT molecular complexity index is 434. The van der Waals surface area contributed by atoms with Crippen LogP contribution in [-0.4, -0.2) is 35.4 Å². The molecule has 1 heterocycles. The summed E-state index contributed by atoms with van der Waals surface area (Å²) in [5.41, 5.74) is 6.94. The Morgan fingerprint density at radius 3 is 2.82 bits per heavy atom. The van der Waals surface area contributed by atoms with E-state index in [2.05, 4.69) is 0 Å². The van der Waals surface area contributed by atoms with Crippen LogP contribution in [0.1, 0.15) is 23.2 Å². The molecule has 0 amide bonds. The van der Waals surface area contributed by atoms with E-state index in [-0.39, 0.29) is 17.4 Å². The number of β-amino-alcohol motifs (C(OH)–C–C–N with tert-alkyl or cyclic N) is 1. The maximum atomic E-state index is 10.8. The molecule has 0 aromatic heterocycles. The van der Waals surface area contributed by atoms with E-state index in [1.807, 2.05) is 4.90 Å². The second-order valence-corrected chi connectivity index (χ2v) is 4.32. The van der Waals surface area contributed by atoms with Crippen LogP contribution >= 0.6 is 0 Å². The Morgan fingerprint density at radius 2 is 2.24 bits per heavy atom. The Morgan fingerprint density at radius 1 is 1.47 bits per heavy atom. The van der Waals surface area contributed by atoms with Gasteiger partial charge in [-0.05, 0) is 31.0 Å². The predicted molar refractivity (Wildman–Crippen MR) is 65.3 cm³/mol. The van der Waals surface area contributed by atoms with E-state index in [1.54, 1.807) is 12.1 Å². The third-order valence-corrected chi connectivity index (χ3v) is 3.03. The van der Waals surface area contributed by atoms with Gasteiger partial charge in [-0.15, -0.1) is 0 Å². The maximum Gasteiger partial charge on any atom is 0.337 e. The number of nitrogens with zero attached hydrogens (tertiary/aromatic N) is 1. The van der Waals surface area contributed by atoms with E-state index in [9.17, 15) is 9.90 Å². The number of carboxylic acids is 1. The molecule has 4 N–H and O–H groups in total. The highest BCUT2D eigenvalue weighted by Crippen LogP contribution is 2.24. The van der Waals surface area contributed by atoms with E-state index in [1.165, 1.54) is 6.07 Å². The quantitative estimate of drug-likeness (QED) is 0.665. The lowest BCUT2D eigenvalue weighted by Crippen LogP contribution is -2.38. The number of nitrogen functional groups attached to an aromatic ring is 1. The van der Waals surface area contributed by atoms with Crippen LogP contribution in [-0.2, 0) is 0 Å². The van der Waals surface area contributed by atoms with Crippen molar-refractivity contribution in [3.63, 3.8) is 0 Å². The second kappa shape index (κ2) is 4.63. The summed E-state index contributed by atoms with van der Waals surface area (Å²) in [6, 6.07) is 4.90. The van der Waals surface area contributed by atoms with Crippen LogP contribution in [0.3, 0.4) is 0 Å². The summed E-state index contributed by atoms with van der Waals surface area (Å²) >= 11 is 0. The molecule has 1 aromatic carbocycles. The first-order valence-corrected chi connectivity index (χ1v) is 5.64. The molecule has 1 fully saturated rings. The van der Waals surface area contributed by atoms with Gasteiger partial charge in [-0.2, -0.15) is 0 Å². The third kappa shape index (κ3) is 2.50. The number of nitrogens with two attached hydrogens (primary N) is 1. The first-order valence-electron chi connectivity index (χ1n) is 5.64. The number of carboxylic acid groups (broad SMARTS) is 1. The van der Waals surface area contributed by atoms with Crippen molar-refractivity contribution in [1.82, 2.24) is 0 Å². The van der Waals surface area contributed by atoms with Gasteiger partial charge >= 0.3 is 5.97 Å². The van der Waals surface area contributed by atoms with Gasteiger partial charge in [0.1, 0.15) is 0 Å². The van der Waals surface area contributed by atoms with Crippen LogP contribution in [0, 0.1) is 0 Å². The number of rotatable bonds is 2. The van der Waals surface area contributed by atoms with Crippen molar-refractivity contribution in [1.29, 1.82) is 0 Å². The highest BCUT2D eigenvalue weighted by molar-refractivity contribution is 5.94. The molecule has 1 atom stereocenters. The van der Waals surface area contributed by atoms with Crippen LogP contribution in [0.15, 0.2) is 18.2 Å². The van der Waals surface area contributed by atoms with Crippen molar-refractivity contribution in [3.8, 4) is 0 Å². The molecule has 0 bridgehead atoms. The number of carbonyl (C=O) groups is 1. The van der Waals surface area contributed by atoms with Crippen molar-refractivity contribution in [2.75, 3.05) is 23.7 Å². The van der Waals surface area contributed by atoms with Crippen molar-refractivity contribution in [2.24, 2.45) is 0 Å². The van der Waals surface area contributed by atoms with E-state index in [0.29, 0.717) is 6.54 Å². The standard InChI is InChI=1S/C12H16N2O3/c13-11-6-8(3-4-10(11)12(16)17)14-5-1-2-9(15)7-14/h3-4,6,9,15H,1-2,5,7,13H2,(H,16,17). The number of aromatic carboxylic acids is 1. The summed E-state index contributed by atoms with van der Waals surface area (Å²) in [7, 11) is 0. The topological polar surface area (TPSA) is 86.8 Å². The first-order chi connectivity index (χ1) is 8.08. The fourth-order valence-corrected chi connectivity index (χ4v) is 2.13. The molecule has 5 nitrogen and oxygen atoms in total. The van der Waals surface area contributed by atoms with Crippen molar-refractivity contribution in [2.45, 2.75) is 18.9 Å². The molecule has 1 aromatic rings. The smallest absolute Gasteiger partial charge is 0.337 e. The number of aliphatic hydroxyl groups is 1. The number of anilines is 2. The molecule has 2 rings (SSSR count). The van der Waals surface area contributed by atoms with Crippen molar-refractivity contribution >= 4 is 17.3 Å². The van der Waals surface area contributed by atoms with Crippen LogP contribution in [0.5, 0.6) is 0 Å². The molecule has 5 heteroatoms. The average molecular weight is 236 g/mol. The van der Waals surface area contributed by atoms with E-state index in [4.69, 9.17) is 10.8 Å². The third-order valence-electron chi connectivity index (χ3n) is 3.03. The van der Waals surface area contributed by atoms with Gasteiger partial charge in [-0.25, -0.2) is 4.79 Å². The number of piperidine rings is 1. The average Bonchev–Trinajstić information content (AvgIpc) is 2.28. The van der Waals surface area contributed by atoms with Gasteiger partial charge in [0, 0.05) is 24.5 Å². The van der Waals surface area contributed by atoms with E-state index < -0.39 is 5.97 Å². The Kier molecular flexibility index (Phi) is 3.19. The minimum Gasteiger partial charge on any atom is -0.478 e. The minimum absolute atomic E-state index is 0.117. The van der Waals surface area contributed by atoms with Crippen molar-refractivity contribution < 1.29 is 15.0 Å². The van der Waals surface area contributed by atoms with Gasteiger partial charge in [-0.1, -0.05) is 0 Å². The van der Waals surface area contributed by atoms with Gasteiger partial charge in [0.2, 0.25) is 0 Å². The molecular weight excluding hydrogens is 220 g/mol. The normalized spacial score (nSPS) is 20.3. The first kappa shape index (κ1) is 11.7. The Hall–Kier alpha value is -1.75. The SMILES string of the molecule is Nc1cc(N2CCCC(O)C2)ccc1C(=O)O. The van der Waals surface area contributed by atoms with Crippen LogP contribution in [0.25, 0.3) is 0 Å². The molecule has 0 radical (unpaired) electrons. The maximum absolute atomic E-state index is 10.8. The molecule has 1 saturated heterocycles. The van der Waals surface area contributed by atoms with Crippen molar-refractivity contribution in [3.05, 3.63) is 23.8 Å². The zero-order valence-corrected chi connectivity index (χ0v) is 9.47. The number of hydrogen-bond donors (Lipinski definition) is 3. The number of benzene rings is 1. The lowest BCUT2D eigenvalue weighted by Gasteiger charge is -2.32. The Labute approximate surface area is 99.5 Å². The molecule has 1 unspecified atom stereocenters. The predicted octanol–water partition coefficient (Wildman–Crippen LogP) is 0.928. The van der Waals surface area contributed by atoms with Gasteiger partial charge in [0.15, 0.2) is 0 Å². The van der Waals surface area contributed by atoms with Gasteiger partial charge < -0.3 is 20.8 Å². The zero-order valence-electron chi connectivity index (χ0n) is 9.47. The zero-order chi connectivity index (χ0) is 12.4. The second-order valence-electron chi connectivity index (χ2n) is 4.32. The molecule has 1 aliphatic heterocycles. The van der Waals surface area contributed by atoms with Crippen LogP contribution in [0.4, 0.5) is 11.4 Å². The number of aliphatic hydroxyl groups excluding tert-OH is 1.